The monoisotopic (exact) mass is 212 g/mol. The molecule has 1 aromatic heterocycles. The lowest BCUT2D eigenvalue weighted by atomic mass is 10.2. The van der Waals surface area contributed by atoms with Crippen molar-refractivity contribution in [1.29, 1.82) is 0 Å². The average Bonchev–Trinajstić information content (AvgIpc) is 2.16. The molecule has 14 heavy (non-hydrogen) atoms. The summed E-state index contributed by atoms with van der Waals surface area (Å²) in [6.45, 7) is 3.54. The van der Waals surface area contributed by atoms with E-state index >= 15 is 0 Å². The van der Waals surface area contributed by atoms with Gasteiger partial charge < -0.3 is 5.11 Å². The quantitative estimate of drug-likeness (QED) is 0.768. The van der Waals surface area contributed by atoms with E-state index in [4.69, 9.17) is 5.11 Å². The Kier molecular flexibility index (Phi) is 3.88. The molecule has 0 radical (unpaired) electrons. The molecule has 0 saturated heterocycles. The Morgan fingerprint density at radius 3 is 2.79 bits per heavy atom. The SMILES string of the molecule is Cc1ccc(SCC(C)C(=O)O)nn1. The molecule has 5 heteroatoms. The van der Waals surface area contributed by atoms with Crippen molar-refractivity contribution < 1.29 is 9.90 Å². The topological polar surface area (TPSA) is 63.1 Å². The molecule has 1 heterocycles. The van der Waals surface area contributed by atoms with Crippen molar-refractivity contribution >= 4 is 17.7 Å². The van der Waals surface area contributed by atoms with E-state index in [0.717, 1.165) is 10.7 Å². The van der Waals surface area contributed by atoms with E-state index in [0.29, 0.717) is 5.75 Å². The maximum atomic E-state index is 10.5. The van der Waals surface area contributed by atoms with E-state index in [9.17, 15) is 4.79 Å². The second-order valence-electron chi connectivity index (χ2n) is 3.06. The van der Waals surface area contributed by atoms with Crippen molar-refractivity contribution in [2.75, 3.05) is 5.75 Å². The van der Waals surface area contributed by atoms with E-state index in [1.165, 1.54) is 11.8 Å². The van der Waals surface area contributed by atoms with Crippen LogP contribution in [-0.4, -0.2) is 27.0 Å². The maximum absolute atomic E-state index is 10.5. The fourth-order valence-electron chi connectivity index (χ4n) is 0.745. The molecule has 1 atom stereocenters. The number of rotatable bonds is 4. The van der Waals surface area contributed by atoms with Crippen molar-refractivity contribution in [2.45, 2.75) is 18.9 Å². The molecule has 0 aliphatic heterocycles. The van der Waals surface area contributed by atoms with E-state index in [1.54, 1.807) is 6.92 Å². The first-order chi connectivity index (χ1) is 6.59. The molecule has 0 bridgehead atoms. The first kappa shape index (κ1) is 11.0. The lowest BCUT2D eigenvalue weighted by molar-refractivity contribution is -0.140. The highest BCUT2D eigenvalue weighted by atomic mass is 32.2. The Hall–Kier alpha value is -1.10. The molecule has 0 spiro atoms. The normalized spacial score (nSPS) is 12.4. The van der Waals surface area contributed by atoms with Gasteiger partial charge in [-0.1, -0.05) is 6.92 Å². The van der Waals surface area contributed by atoms with Gasteiger partial charge in [-0.25, -0.2) is 0 Å². The van der Waals surface area contributed by atoms with Crippen molar-refractivity contribution in [3.05, 3.63) is 17.8 Å². The zero-order chi connectivity index (χ0) is 10.6. The maximum Gasteiger partial charge on any atom is 0.307 e. The van der Waals surface area contributed by atoms with Crippen molar-refractivity contribution in [3.63, 3.8) is 0 Å². The second-order valence-corrected chi connectivity index (χ2v) is 4.10. The number of hydrogen-bond donors (Lipinski definition) is 1. The Morgan fingerprint density at radius 1 is 1.57 bits per heavy atom. The summed E-state index contributed by atoms with van der Waals surface area (Å²) < 4.78 is 0. The summed E-state index contributed by atoms with van der Waals surface area (Å²) in [5, 5.41) is 17.2. The second kappa shape index (κ2) is 4.95. The molecule has 0 fully saturated rings. The molecule has 76 valence electrons. The average molecular weight is 212 g/mol. The van der Waals surface area contributed by atoms with E-state index in [-0.39, 0.29) is 5.92 Å². The van der Waals surface area contributed by atoms with Gasteiger partial charge in [0.25, 0.3) is 0 Å². The summed E-state index contributed by atoms with van der Waals surface area (Å²) in [5.74, 6) is -0.617. The molecular formula is C9H12N2O2S. The standard InChI is InChI=1S/C9H12N2O2S/c1-6(9(12)13)5-14-8-4-3-7(2)10-11-8/h3-4,6H,5H2,1-2H3,(H,12,13). The molecule has 1 unspecified atom stereocenters. The van der Waals surface area contributed by atoms with Crippen molar-refractivity contribution in [2.24, 2.45) is 5.92 Å². The Bertz CT molecular complexity index is 313. The summed E-state index contributed by atoms with van der Waals surface area (Å²) in [6.07, 6.45) is 0. The summed E-state index contributed by atoms with van der Waals surface area (Å²) in [5.41, 5.74) is 0.862. The van der Waals surface area contributed by atoms with Gasteiger partial charge in [-0.05, 0) is 19.1 Å². The van der Waals surface area contributed by atoms with Gasteiger partial charge in [-0.2, -0.15) is 5.10 Å². The number of thioether (sulfide) groups is 1. The number of aliphatic carboxylic acids is 1. The number of aromatic nitrogens is 2. The number of carboxylic acids is 1. The van der Waals surface area contributed by atoms with Crippen LogP contribution in [0.5, 0.6) is 0 Å². The molecule has 0 amide bonds. The van der Waals surface area contributed by atoms with Gasteiger partial charge in [0.1, 0.15) is 5.03 Å². The number of aryl methyl sites for hydroxylation is 1. The van der Waals surface area contributed by atoms with Gasteiger partial charge in [0.05, 0.1) is 11.6 Å². The third-order valence-electron chi connectivity index (χ3n) is 1.68. The highest BCUT2D eigenvalue weighted by Crippen LogP contribution is 2.17. The van der Waals surface area contributed by atoms with Crippen LogP contribution in [0.2, 0.25) is 0 Å². The van der Waals surface area contributed by atoms with Crippen LogP contribution in [0.25, 0.3) is 0 Å². The van der Waals surface area contributed by atoms with Crippen LogP contribution in [0.15, 0.2) is 17.2 Å². The lowest BCUT2D eigenvalue weighted by Crippen LogP contribution is -2.11. The van der Waals surface area contributed by atoms with Crippen LogP contribution >= 0.6 is 11.8 Å². The van der Waals surface area contributed by atoms with Gasteiger partial charge in [0.15, 0.2) is 0 Å². The zero-order valence-electron chi connectivity index (χ0n) is 8.10. The predicted octanol–water partition coefficient (Wildman–Crippen LogP) is 1.60. The molecule has 1 rings (SSSR count). The Balaban J connectivity index is 2.46. The minimum atomic E-state index is -0.780. The molecule has 1 aromatic rings. The summed E-state index contributed by atoms with van der Waals surface area (Å²) in [7, 11) is 0. The van der Waals surface area contributed by atoms with Gasteiger partial charge in [0.2, 0.25) is 0 Å². The van der Waals surface area contributed by atoms with Crippen LogP contribution < -0.4 is 0 Å². The highest BCUT2D eigenvalue weighted by Gasteiger charge is 2.11. The smallest absolute Gasteiger partial charge is 0.307 e. The van der Waals surface area contributed by atoms with E-state index in [2.05, 4.69) is 10.2 Å². The minimum Gasteiger partial charge on any atom is -0.481 e. The Morgan fingerprint density at radius 2 is 2.29 bits per heavy atom. The van der Waals surface area contributed by atoms with Crippen LogP contribution in [0.4, 0.5) is 0 Å². The molecule has 0 aromatic carbocycles. The minimum absolute atomic E-state index is 0.358. The van der Waals surface area contributed by atoms with Crippen LogP contribution in [0.3, 0.4) is 0 Å². The van der Waals surface area contributed by atoms with Gasteiger partial charge in [-0.15, -0.1) is 16.9 Å². The lowest BCUT2D eigenvalue weighted by Gasteiger charge is -2.04. The first-order valence-corrected chi connectivity index (χ1v) is 5.24. The van der Waals surface area contributed by atoms with Crippen molar-refractivity contribution in [1.82, 2.24) is 10.2 Å². The summed E-state index contributed by atoms with van der Waals surface area (Å²) in [6, 6.07) is 3.71. The molecular weight excluding hydrogens is 200 g/mol. The number of nitrogens with zero attached hydrogens (tertiary/aromatic N) is 2. The van der Waals surface area contributed by atoms with Gasteiger partial charge >= 0.3 is 5.97 Å². The number of carboxylic acid groups (broad SMARTS) is 1. The van der Waals surface area contributed by atoms with Gasteiger partial charge in [0, 0.05) is 5.75 Å². The van der Waals surface area contributed by atoms with E-state index < -0.39 is 5.97 Å². The fraction of sp³-hybridized carbons (Fsp3) is 0.444. The van der Waals surface area contributed by atoms with Crippen molar-refractivity contribution in [3.8, 4) is 0 Å². The van der Waals surface area contributed by atoms with Crippen LogP contribution in [0.1, 0.15) is 12.6 Å². The predicted molar refractivity (Wildman–Crippen MR) is 54.3 cm³/mol. The summed E-state index contributed by atoms with van der Waals surface area (Å²) in [4.78, 5) is 10.5. The molecule has 0 aliphatic rings. The number of hydrogen-bond acceptors (Lipinski definition) is 4. The van der Waals surface area contributed by atoms with E-state index in [1.807, 2.05) is 19.1 Å². The number of carbonyl (C=O) groups is 1. The molecule has 1 N–H and O–H groups in total. The summed E-state index contributed by atoms with van der Waals surface area (Å²) >= 11 is 1.41. The fourth-order valence-corrected chi connectivity index (χ4v) is 1.57. The van der Waals surface area contributed by atoms with Gasteiger partial charge in [-0.3, -0.25) is 4.79 Å². The zero-order valence-corrected chi connectivity index (χ0v) is 8.91. The van der Waals surface area contributed by atoms with Crippen LogP contribution in [-0.2, 0) is 4.79 Å². The van der Waals surface area contributed by atoms with Crippen LogP contribution in [0, 0.1) is 12.8 Å². The largest absolute Gasteiger partial charge is 0.481 e. The third-order valence-corrected chi connectivity index (χ3v) is 2.86. The third kappa shape index (κ3) is 3.33. The molecule has 4 nitrogen and oxygen atoms in total. The molecule has 0 aliphatic carbocycles. The Labute approximate surface area is 86.7 Å². The first-order valence-electron chi connectivity index (χ1n) is 4.25. The molecule has 0 saturated carbocycles. The highest BCUT2D eigenvalue weighted by molar-refractivity contribution is 7.99.